The molecule has 1 atom stereocenters. The molecule has 2 rings (SSSR count). The Morgan fingerprint density at radius 3 is 2.28 bits per heavy atom. The van der Waals surface area contributed by atoms with Crippen LogP contribution in [0, 0.1) is 13.8 Å². The summed E-state index contributed by atoms with van der Waals surface area (Å²) in [5.41, 5.74) is 2.48. The van der Waals surface area contributed by atoms with Crippen LogP contribution in [0.15, 0.2) is 33.2 Å². The van der Waals surface area contributed by atoms with Crippen molar-refractivity contribution < 1.29 is 0 Å². The zero-order valence-electron chi connectivity index (χ0n) is 10.6. The molecule has 1 aromatic heterocycles. The highest BCUT2D eigenvalue weighted by atomic mass is 79.9. The molecule has 0 saturated carbocycles. The van der Waals surface area contributed by atoms with Crippen LogP contribution in [0.3, 0.4) is 0 Å². The smallest absolute Gasteiger partial charge is 0.0633 e. The van der Waals surface area contributed by atoms with Crippen LogP contribution >= 0.6 is 43.2 Å². The monoisotopic (exact) mass is 387 g/mol. The Balaban J connectivity index is 2.26. The predicted molar refractivity (Wildman–Crippen MR) is 87.7 cm³/mol. The molecule has 0 aliphatic rings. The molecule has 0 saturated heterocycles. The van der Waals surface area contributed by atoms with E-state index in [0.29, 0.717) is 6.04 Å². The molecule has 1 heterocycles. The average Bonchev–Trinajstić information content (AvgIpc) is 2.63. The third kappa shape index (κ3) is 2.98. The maximum absolute atomic E-state index is 3.58. The van der Waals surface area contributed by atoms with Gasteiger partial charge in [-0.3, -0.25) is 0 Å². The van der Waals surface area contributed by atoms with Gasteiger partial charge >= 0.3 is 0 Å². The first-order valence-corrected chi connectivity index (χ1v) is 8.16. The number of thiophene rings is 1. The third-order valence-corrected chi connectivity index (χ3v) is 5.17. The Kier molecular flexibility index (Phi) is 4.51. The molecule has 0 amide bonds. The lowest BCUT2D eigenvalue weighted by Crippen LogP contribution is -2.07. The zero-order valence-corrected chi connectivity index (χ0v) is 14.5. The van der Waals surface area contributed by atoms with Crippen LogP contribution in [0.1, 0.15) is 28.3 Å². The van der Waals surface area contributed by atoms with Crippen molar-refractivity contribution in [1.29, 1.82) is 0 Å². The van der Waals surface area contributed by atoms with Crippen molar-refractivity contribution in [3.05, 3.63) is 48.5 Å². The van der Waals surface area contributed by atoms with E-state index < -0.39 is 0 Å². The lowest BCUT2D eigenvalue weighted by atomic mass is 10.1. The molecular formula is C14H15Br2NS. The quantitative estimate of drug-likeness (QED) is 0.673. The van der Waals surface area contributed by atoms with Crippen molar-refractivity contribution in [2.45, 2.75) is 26.8 Å². The lowest BCUT2D eigenvalue weighted by Gasteiger charge is -2.18. The summed E-state index contributed by atoms with van der Waals surface area (Å²) in [5, 5.41) is 3.56. The van der Waals surface area contributed by atoms with Gasteiger partial charge < -0.3 is 5.32 Å². The Morgan fingerprint density at radius 1 is 1.17 bits per heavy atom. The minimum Gasteiger partial charge on any atom is -0.377 e. The Morgan fingerprint density at radius 2 is 1.78 bits per heavy atom. The van der Waals surface area contributed by atoms with Crippen molar-refractivity contribution in [3.8, 4) is 0 Å². The van der Waals surface area contributed by atoms with Gasteiger partial charge in [0.2, 0.25) is 0 Å². The standard InChI is InChI=1S/C14H15Br2NS/c1-8-7-11(10(3)18-8)9(2)17-14-12(15)5-4-6-13(14)16/h4-7,9,17H,1-3H3. The second-order valence-corrected chi connectivity index (χ2v) is 7.50. The molecule has 18 heavy (non-hydrogen) atoms. The van der Waals surface area contributed by atoms with Gasteiger partial charge in [-0.25, -0.2) is 0 Å². The molecule has 2 aromatic rings. The normalized spacial score (nSPS) is 12.5. The number of rotatable bonds is 3. The number of anilines is 1. The topological polar surface area (TPSA) is 12.0 Å². The van der Waals surface area contributed by atoms with Crippen molar-refractivity contribution in [2.75, 3.05) is 5.32 Å². The maximum Gasteiger partial charge on any atom is 0.0633 e. The van der Waals surface area contributed by atoms with Gasteiger partial charge in [-0.05, 0) is 76.4 Å². The average molecular weight is 389 g/mol. The molecule has 0 aliphatic carbocycles. The molecule has 0 aliphatic heterocycles. The first kappa shape index (κ1) is 14.1. The fourth-order valence-electron chi connectivity index (χ4n) is 2.01. The summed E-state index contributed by atoms with van der Waals surface area (Å²) in [6.45, 7) is 6.53. The van der Waals surface area contributed by atoms with Crippen LogP contribution in [0.5, 0.6) is 0 Å². The molecule has 0 fully saturated rings. The molecule has 1 nitrogen and oxygen atoms in total. The molecule has 96 valence electrons. The summed E-state index contributed by atoms with van der Waals surface area (Å²) < 4.78 is 2.15. The number of nitrogens with one attached hydrogen (secondary N) is 1. The molecule has 0 spiro atoms. The largest absolute Gasteiger partial charge is 0.377 e. The van der Waals surface area contributed by atoms with E-state index in [9.17, 15) is 0 Å². The number of halogens is 2. The van der Waals surface area contributed by atoms with Gasteiger partial charge in [0, 0.05) is 24.7 Å². The summed E-state index contributed by atoms with van der Waals surface area (Å²) in [5.74, 6) is 0. The van der Waals surface area contributed by atoms with E-state index in [1.807, 2.05) is 29.5 Å². The van der Waals surface area contributed by atoms with E-state index in [1.54, 1.807) is 0 Å². The number of para-hydroxylation sites is 1. The minimum absolute atomic E-state index is 0.296. The maximum atomic E-state index is 3.58. The Bertz CT molecular complexity index is 543. The van der Waals surface area contributed by atoms with Crippen molar-refractivity contribution in [2.24, 2.45) is 0 Å². The molecule has 1 aromatic carbocycles. The van der Waals surface area contributed by atoms with Crippen LogP contribution in [0.2, 0.25) is 0 Å². The van der Waals surface area contributed by atoms with Gasteiger partial charge in [0.1, 0.15) is 0 Å². The van der Waals surface area contributed by atoms with E-state index >= 15 is 0 Å². The van der Waals surface area contributed by atoms with Gasteiger partial charge in [0.15, 0.2) is 0 Å². The third-order valence-electron chi connectivity index (χ3n) is 2.87. The fraction of sp³-hybridized carbons (Fsp3) is 0.286. The van der Waals surface area contributed by atoms with E-state index in [-0.39, 0.29) is 0 Å². The summed E-state index contributed by atoms with van der Waals surface area (Å²) in [6, 6.07) is 8.67. The molecular weight excluding hydrogens is 374 g/mol. The van der Waals surface area contributed by atoms with Crippen LogP contribution < -0.4 is 5.32 Å². The first-order valence-electron chi connectivity index (χ1n) is 5.76. The van der Waals surface area contributed by atoms with Gasteiger partial charge in [0.05, 0.1) is 5.69 Å². The van der Waals surface area contributed by atoms with Crippen LogP contribution in [-0.4, -0.2) is 0 Å². The SMILES string of the molecule is Cc1cc(C(C)Nc2c(Br)cccc2Br)c(C)s1. The van der Waals surface area contributed by atoms with E-state index in [0.717, 1.165) is 14.6 Å². The summed E-state index contributed by atoms with van der Waals surface area (Å²) in [6.07, 6.45) is 0. The number of benzene rings is 1. The van der Waals surface area contributed by atoms with Gasteiger partial charge in [-0.2, -0.15) is 0 Å². The highest BCUT2D eigenvalue weighted by molar-refractivity contribution is 9.11. The zero-order chi connectivity index (χ0) is 13.3. The summed E-state index contributed by atoms with van der Waals surface area (Å²) in [7, 11) is 0. The predicted octanol–water partition coefficient (Wildman–Crippen LogP) is 6.06. The molecule has 0 radical (unpaired) electrons. The van der Waals surface area contributed by atoms with Crippen molar-refractivity contribution in [3.63, 3.8) is 0 Å². The highest BCUT2D eigenvalue weighted by Gasteiger charge is 2.13. The first-order chi connectivity index (χ1) is 8.49. The summed E-state index contributed by atoms with van der Waals surface area (Å²) in [4.78, 5) is 2.75. The second kappa shape index (κ2) is 5.76. The summed E-state index contributed by atoms with van der Waals surface area (Å²) >= 11 is 9.02. The van der Waals surface area contributed by atoms with Gasteiger partial charge in [0.25, 0.3) is 0 Å². The number of hydrogen-bond donors (Lipinski definition) is 1. The lowest BCUT2D eigenvalue weighted by molar-refractivity contribution is 0.879. The minimum atomic E-state index is 0.296. The van der Waals surface area contributed by atoms with E-state index in [4.69, 9.17) is 0 Å². The number of aryl methyl sites for hydroxylation is 2. The van der Waals surface area contributed by atoms with E-state index in [1.165, 1.54) is 15.3 Å². The van der Waals surface area contributed by atoms with Crippen LogP contribution in [0.4, 0.5) is 5.69 Å². The van der Waals surface area contributed by atoms with Crippen LogP contribution in [-0.2, 0) is 0 Å². The van der Waals surface area contributed by atoms with Crippen molar-refractivity contribution >= 4 is 48.9 Å². The fourth-order valence-corrected chi connectivity index (χ4v) is 4.26. The number of hydrogen-bond acceptors (Lipinski definition) is 2. The highest BCUT2D eigenvalue weighted by Crippen LogP contribution is 2.35. The Hall–Kier alpha value is -0.320. The van der Waals surface area contributed by atoms with E-state index in [2.05, 4.69) is 64.0 Å². The van der Waals surface area contributed by atoms with Gasteiger partial charge in [-0.15, -0.1) is 11.3 Å². The molecule has 0 bridgehead atoms. The second-order valence-electron chi connectivity index (χ2n) is 4.33. The van der Waals surface area contributed by atoms with Crippen molar-refractivity contribution in [1.82, 2.24) is 0 Å². The van der Waals surface area contributed by atoms with Crippen LogP contribution in [0.25, 0.3) is 0 Å². The molecule has 4 heteroatoms. The molecule has 1 N–H and O–H groups in total. The van der Waals surface area contributed by atoms with Gasteiger partial charge in [-0.1, -0.05) is 6.07 Å². The molecule has 1 unspecified atom stereocenters. The Labute approximate surface area is 129 Å².